The number of hydrogen-bond acceptors (Lipinski definition) is 3. The summed E-state index contributed by atoms with van der Waals surface area (Å²) < 4.78 is 27.2. The van der Waals surface area contributed by atoms with Crippen LogP contribution in [0.1, 0.15) is 12.8 Å². The van der Waals surface area contributed by atoms with Crippen molar-refractivity contribution in [3.05, 3.63) is 12.2 Å². The first-order valence-corrected chi connectivity index (χ1v) is 5.74. The first-order chi connectivity index (χ1) is 6.14. The molecule has 0 aromatic rings. The maximum Gasteiger partial charge on any atom is 0.277 e. The molecular formula is C7H15N3O2S. The van der Waals surface area contributed by atoms with Gasteiger partial charge in [0.25, 0.3) is 10.2 Å². The van der Waals surface area contributed by atoms with Gasteiger partial charge in [-0.15, -0.1) is 0 Å². The average molecular weight is 205 g/mol. The Hall–Kier alpha value is -0.430. The Balaban J connectivity index is 2.21. The Bertz CT molecular complexity index is 269. The van der Waals surface area contributed by atoms with Gasteiger partial charge in [0.2, 0.25) is 0 Å². The van der Waals surface area contributed by atoms with Crippen LogP contribution in [0.4, 0.5) is 0 Å². The van der Waals surface area contributed by atoms with E-state index in [2.05, 4.69) is 9.44 Å². The summed E-state index contributed by atoms with van der Waals surface area (Å²) >= 11 is 0. The fourth-order valence-electron chi connectivity index (χ4n) is 0.800. The largest absolute Gasteiger partial charge is 0.327 e. The summed E-state index contributed by atoms with van der Waals surface area (Å²) in [6, 6.07) is 0.149. The molecular weight excluding hydrogens is 190 g/mol. The van der Waals surface area contributed by atoms with E-state index in [4.69, 9.17) is 5.73 Å². The summed E-state index contributed by atoms with van der Waals surface area (Å²) in [4.78, 5) is 0. The molecule has 0 aromatic carbocycles. The van der Waals surface area contributed by atoms with Crippen LogP contribution in [0.25, 0.3) is 0 Å². The van der Waals surface area contributed by atoms with Crippen molar-refractivity contribution < 1.29 is 8.42 Å². The maximum atomic E-state index is 11.2. The van der Waals surface area contributed by atoms with Gasteiger partial charge in [-0.05, 0) is 12.8 Å². The van der Waals surface area contributed by atoms with Crippen molar-refractivity contribution in [2.45, 2.75) is 18.9 Å². The molecule has 1 aliphatic rings. The van der Waals surface area contributed by atoms with E-state index in [0.29, 0.717) is 13.1 Å². The van der Waals surface area contributed by atoms with E-state index < -0.39 is 10.2 Å². The van der Waals surface area contributed by atoms with E-state index >= 15 is 0 Å². The van der Waals surface area contributed by atoms with Crippen LogP contribution in [0.15, 0.2) is 12.2 Å². The molecule has 0 amide bonds. The number of nitrogens with one attached hydrogen (secondary N) is 2. The average Bonchev–Trinajstić information content (AvgIpc) is 2.81. The second-order valence-corrected chi connectivity index (χ2v) is 4.48. The highest BCUT2D eigenvalue weighted by molar-refractivity contribution is 7.87. The molecule has 76 valence electrons. The molecule has 1 aliphatic carbocycles. The Morgan fingerprint density at radius 1 is 1.38 bits per heavy atom. The van der Waals surface area contributed by atoms with Crippen LogP contribution < -0.4 is 15.2 Å². The van der Waals surface area contributed by atoms with Crippen LogP contribution in [-0.4, -0.2) is 27.5 Å². The molecule has 0 aromatic heterocycles. The van der Waals surface area contributed by atoms with Gasteiger partial charge >= 0.3 is 0 Å². The van der Waals surface area contributed by atoms with Gasteiger partial charge in [-0.25, -0.2) is 0 Å². The van der Waals surface area contributed by atoms with E-state index in [1.807, 2.05) is 0 Å². The second kappa shape index (κ2) is 4.71. The van der Waals surface area contributed by atoms with Crippen LogP contribution in [0.2, 0.25) is 0 Å². The SMILES string of the molecule is NC/C=C/CNS(=O)(=O)NC1CC1. The first-order valence-electron chi connectivity index (χ1n) is 4.26. The van der Waals surface area contributed by atoms with E-state index in [-0.39, 0.29) is 6.04 Å². The van der Waals surface area contributed by atoms with Crippen molar-refractivity contribution >= 4 is 10.2 Å². The van der Waals surface area contributed by atoms with Gasteiger partial charge in [0.1, 0.15) is 0 Å². The highest BCUT2D eigenvalue weighted by Gasteiger charge is 2.26. The van der Waals surface area contributed by atoms with Gasteiger partial charge in [-0.1, -0.05) is 12.2 Å². The zero-order valence-electron chi connectivity index (χ0n) is 7.36. The van der Waals surface area contributed by atoms with Gasteiger partial charge in [0.15, 0.2) is 0 Å². The minimum Gasteiger partial charge on any atom is -0.327 e. The molecule has 1 fully saturated rings. The van der Waals surface area contributed by atoms with Gasteiger partial charge < -0.3 is 5.73 Å². The molecule has 0 saturated heterocycles. The van der Waals surface area contributed by atoms with Gasteiger partial charge in [0, 0.05) is 19.1 Å². The zero-order chi connectivity index (χ0) is 9.73. The van der Waals surface area contributed by atoms with Gasteiger partial charge in [-0.2, -0.15) is 17.9 Å². The minimum atomic E-state index is -3.29. The molecule has 0 spiro atoms. The van der Waals surface area contributed by atoms with Crippen LogP contribution in [0.3, 0.4) is 0 Å². The predicted molar refractivity (Wildman–Crippen MR) is 51.3 cm³/mol. The van der Waals surface area contributed by atoms with Crippen LogP contribution in [-0.2, 0) is 10.2 Å². The van der Waals surface area contributed by atoms with Crippen molar-refractivity contribution in [2.75, 3.05) is 13.1 Å². The monoisotopic (exact) mass is 205 g/mol. The van der Waals surface area contributed by atoms with Crippen molar-refractivity contribution in [3.63, 3.8) is 0 Å². The first kappa shape index (κ1) is 10.6. The Kier molecular flexibility index (Phi) is 3.86. The third kappa shape index (κ3) is 4.99. The lowest BCUT2D eigenvalue weighted by molar-refractivity contribution is 0.570. The minimum absolute atomic E-state index is 0.149. The molecule has 0 heterocycles. The molecule has 1 rings (SSSR count). The van der Waals surface area contributed by atoms with E-state index in [0.717, 1.165) is 12.8 Å². The lowest BCUT2D eigenvalue weighted by atomic mass is 10.5. The normalized spacial score (nSPS) is 18.2. The fraction of sp³-hybridized carbons (Fsp3) is 0.714. The molecule has 0 atom stereocenters. The van der Waals surface area contributed by atoms with E-state index in [9.17, 15) is 8.42 Å². The Labute approximate surface area is 78.6 Å². The lowest BCUT2D eigenvalue weighted by Crippen LogP contribution is -2.37. The molecule has 5 nitrogen and oxygen atoms in total. The maximum absolute atomic E-state index is 11.2. The summed E-state index contributed by atoms with van der Waals surface area (Å²) in [7, 11) is -3.29. The molecule has 6 heteroatoms. The van der Waals surface area contributed by atoms with Crippen LogP contribution in [0.5, 0.6) is 0 Å². The molecule has 13 heavy (non-hydrogen) atoms. The number of nitrogens with two attached hydrogens (primary N) is 1. The smallest absolute Gasteiger partial charge is 0.277 e. The van der Waals surface area contributed by atoms with E-state index in [1.165, 1.54) is 0 Å². The van der Waals surface area contributed by atoms with Gasteiger partial charge in [-0.3, -0.25) is 0 Å². The molecule has 1 saturated carbocycles. The number of hydrogen-bond donors (Lipinski definition) is 3. The summed E-state index contributed by atoms with van der Waals surface area (Å²) in [5.41, 5.74) is 5.19. The van der Waals surface area contributed by atoms with Crippen molar-refractivity contribution in [3.8, 4) is 0 Å². The fourth-order valence-corrected chi connectivity index (χ4v) is 1.87. The van der Waals surface area contributed by atoms with Crippen LogP contribution in [0, 0.1) is 0 Å². The standard InChI is InChI=1S/C7H15N3O2S/c8-5-1-2-6-9-13(11,12)10-7-3-4-7/h1-2,7,9-10H,3-6,8H2/b2-1+. The lowest BCUT2D eigenvalue weighted by Gasteiger charge is -2.04. The highest BCUT2D eigenvalue weighted by atomic mass is 32.2. The highest BCUT2D eigenvalue weighted by Crippen LogP contribution is 2.19. The van der Waals surface area contributed by atoms with Crippen molar-refractivity contribution in [1.82, 2.24) is 9.44 Å². The topological polar surface area (TPSA) is 84.2 Å². The van der Waals surface area contributed by atoms with Crippen LogP contribution >= 0.6 is 0 Å². The van der Waals surface area contributed by atoms with E-state index in [1.54, 1.807) is 12.2 Å². The summed E-state index contributed by atoms with van der Waals surface area (Å²) in [6.07, 6.45) is 5.28. The molecule has 0 aliphatic heterocycles. The van der Waals surface area contributed by atoms with Crippen molar-refractivity contribution in [2.24, 2.45) is 5.73 Å². The molecule has 0 radical (unpaired) electrons. The predicted octanol–water partition coefficient (Wildman–Crippen LogP) is -0.912. The summed E-state index contributed by atoms with van der Waals surface area (Å²) in [5.74, 6) is 0. The van der Waals surface area contributed by atoms with Crippen molar-refractivity contribution in [1.29, 1.82) is 0 Å². The molecule has 4 N–H and O–H groups in total. The summed E-state index contributed by atoms with van der Waals surface area (Å²) in [6.45, 7) is 0.719. The third-order valence-corrected chi connectivity index (χ3v) is 2.78. The third-order valence-electron chi connectivity index (χ3n) is 1.59. The van der Waals surface area contributed by atoms with Gasteiger partial charge in [0.05, 0.1) is 0 Å². The molecule has 0 unspecified atom stereocenters. The number of rotatable bonds is 6. The summed E-state index contributed by atoms with van der Waals surface area (Å²) in [5, 5.41) is 0. The second-order valence-electron chi connectivity index (χ2n) is 2.95. The quantitative estimate of drug-likeness (QED) is 0.491. The zero-order valence-corrected chi connectivity index (χ0v) is 8.18. The molecule has 0 bridgehead atoms. The Morgan fingerprint density at radius 3 is 2.62 bits per heavy atom. The Morgan fingerprint density at radius 2 is 2.08 bits per heavy atom.